The summed E-state index contributed by atoms with van der Waals surface area (Å²) in [5, 5.41) is 23.7. The van der Waals surface area contributed by atoms with Gasteiger partial charge in [0, 0.05) is 17.5 Å². The van der Waals surface area contributed by atoms with E-state index in [2.05, 4.69) is 35.2 Å². The fraction of sp³-hybridized carbons (Fsp3) is 0.423. The number of anilines is 1. The summed E-state index contributed by atoms with van der Waals surface area (Å²) in [5.41, 5.74) is 4.43. The molecule has 2 aliphatic heterocycles. The van der Waals surface area contributed by atoms with Crippen molar-refractivity contribution in [3.8, 4) is 0 Å². The molecule has 0 amide bonds. The van der Waals surface area contributed by atoms with E-state index in [4.69, 9.17) is 4.99 Å². The fourth-order valence-corrected chi connectivity index (χ4v) is 6.92. The summed E-state index contributed by atoms with van der Waals surface area (Å²) in [7, 11) is 0. The molecule has 174 valence electrons. The number of nitrogens with zero attached hydrogens (tertiary/aromatic N) is 4. The Kier molecular flexibility index (Phi) is 4.79. The first-order valence-electron chi connectivity index (χ1n) is 12.1. The summed E-state index contributed by atoms with van der Waals surface area (Å²) in [6.45, 7) is 0. The van der Waals surface area contributed by atoms with Crippen LogP contribution in [0, 0.1) is 26.1 Å². The first-order chi connectivity index (χ1) is 16.5. The highest BCUT2D eigenvalue weighted by molar-refractivity contribution is 5.63. The zero-order chi connectivity index (χ0) is 23.4. The van der Waals surface area contributed by atoms with Crippen molar-refractivity contribution in [3.63, 3.8) is 0 Å². The Labute approximate surface area is 196 Å². The molecule has 0 N–H and O–H groups in total. The average molecular weight is 459 g/mol. The molecule has 2 aromatic rings. The van der Waals surface area contributed by atoms with Gasteiger partial charge in [-0.05, 0) is 74.3 Å². The number of rotatable bonds is 3. The van der Waals surface area contributed by atoms with Crippen molar-refractivity contribution in [2.75, 3.05) is 4.90 Å². The molecule has 0 bridgehead atoms. The number of benzene rings is 2. The first-order valence-corrected chi connectivity index (χ1v) is 12.1. The predicted molar refractivity (Wildman–Crippen MR) is 126 cm³/mol. The average Bonchev–Trinajstić information content (AvgIpc) is 3.16. The van der Waals surface area contributed by atoms with Gasteiger partial charge in [0.25, 0.3) is 0 Å². The number of hydrogen-bond donors (Lipinski definition) is 0. The molecule has 8 heteroatoms. The molecule has 1 spiro atoms. The summed E-state index contributed by atoms with van der Waals surface area (Å²) < 4.78 is 0. The highest BCUT2D eigenvalue weighted by atomic mass is 16.7. The molecule has 0 aromatic heterocycles. The molecule has 1 fully saturated rings. The molecule has 1 saturated carbocycles. The van der Waals surface area contributed by atoms with E-state index in [-0.39, 0.29) is 5.22 Å². The zero-order valence-electron chi connectivity index (χ0n) is 18.9. The van der Waals surface area contributed by atoms with Crippen LogP contribution in [0.15, 0.2) is 64.8 Å². The third kappa shape index (κ3) is 2.94. The molecule has 34 heavy (non-hydrogen) atoms. The lowest BCUT2D eigenvalue weighted by Gasteiger charge is -2.56. The summed E-state index contributed by atoms with van der Waals surface area (Å²) in [6, 6.07) is 15.6. The number of hydrogen-bond acceptors (Lipinski definition) is 6. The Balaban J connectivity index is 1.62. The molecule has 6 rings (SSSR count). The van der Waals surface area contributed by atoms with Crippen LogP contribution in [0.4, 0.5) is 5.69 Å². The van der Waals surface area contributed by atoms with Gasteiger partial charge < -0.3 is 4.90 Å². The molecule has 4 aliphatic rings. The van der Waals surface area contributed by atoms with Crippen molar-refractivity contribution >= 4 is 11.5 Å². The van der Waals surface area contributed by atoms with Gasteiger partial charge in [-0.15, -0.1) is 0 Å². The van der Waals surface area contributed by atoms with E-state index in [0.29, 0.717) is 11.8 Å². The Morgan fingerprint density at radius 1 is 0.971 bits per heavy atom. The number of allylic oxidation sites excluding steroid dienone is 2. The van der Waals surface area contributed by atoms with E-state index in [0.717, 1.165) is 62.4 Å². The molecule has 3 atom stereocenters. The van der Waals surface area contributed by atoms with Crippen LogP contribution in [0.2, 0.25) is 0 Å². The van der Waals surface area contributed by atoms with Crippen LogP contribution in [0.25, 0.3) is 5.82 Å². The van der Waals surface area contributed by atoms with Crippen LogP contribution in [0.3, 0.4) is 0 Å². The summed E-state index contributed by atoms with van der Waals surface area (Å²) in [6.07, 6.45) is 8.43. The van der Waals surface area contributed by atoms with Crippen molar-refractivity contribution in [1.82, 2.24) is 0 Å². The lowest BCUT2D eigenvalue weighted by molar-refractivity contribution is -0.547. The van der Waals surface area contributed by atoms with Crippen molar-refractivity contribution in [1.29, 1.82) is 0 Å². The summed E-state index contributed by atoms with van der Waals surface area (Å²) in [4.78, 5) is 28.8. The summed E-state index contributed by atoms with van der Waals surface area (Å²) >= 11 is 0. The quantitative estimate of drug-likeness (QED) is 0.505. The standard InChI is InChI=1S/C26H26N4O4/c31-29(32)25(30(33)34)18-13-14-21-23(16-18)28-22-12-5-4-10-19(22)24(17-8-2-1-3-9-17)20-11-6-7-15-26(20,28)27-21/h1-3,8-9,13-14,16,20,24H,4-7,10-12,15H2. The fourth-order valence-electron chi connectivity index (χ4n) is 6.92. The van der Waals surface area contributed by atoms with Gasteiger partial charge >= 0.3 is 5.82 Å². The van der Waals surface area contributed by atoms with Gasteiger partial charge in [0.05, 0.1) is 11.0 Å². The maximum atomic E-state index is 11.5. The third-order valence-electron chi connectivity index (χ3n) is 8.11. The minimum absolute atomic E-state index is 0.0245. The zero-order valence-corrected chi connectivity index (χ0v) is 18.9. The molecule has 2 aromatic carbocycles. The van der Waals surface area contributed by atoms with E-state index in [1.807, 2.05) is 0 Å². The molecular weight excluding hydrogens is 432 g/mol. The van der Waals surface area contributed by atoms with E-state index in [1.54, 1.807) is 12.1 Å². The smallest absolute Gasteiger partial charge is 0.318 e. The second-order valence-corrected chi connectivity index (χ2v) is 9.79. The van der Waals surface area contributed by atoms with Gasteiger partial charge in [0.15, 0.2) is 0 Å². The maximum absolute atomic E-state index is 11.5. The van der Waals surface area contributed by atoms with E-state index < -0.39 is 21.3 Å². The van der Waals surface area contributed by atoms with Crippen LogP contribution >= 0.6 is 0 Å². The normalized spacial score (nSPS) is 27.1. The van der Waals surface area contributed by atoms with Gasteiger partial charge in [-0.25, -0.2) is 0 Å². The first kappa shape index (κ1) is 21.0. The second kappa shape index (κ2) is 7.75. The molecular formula is C26H26N4O4. The van der Waals surface area contributed by atoms with Gasteiger partial charge in [-0.3, -0.25) is 25.2 Å². The molecule has 8 nitrogen and oxygen atoms in total. The van der Waals surface area contributed by atoms with Crippen molar-refractivity contribution in [3.05, 3.63) is 96.2 Å². The lowest BCUT2D eigenvalue weighted by Crippen LogP contribution is -2.57. The molecule has 2 aliphatic carbocycles. The van der Waals surface area contributed by atoms with Crippen molar-refractivity contribution in [2.24, 2.45) is 10.9 Å². The maximum Gasteiger partial charge on any atom is 0.566 e. The lowest BCUT2D eigenvalue weighted by atomic mass is 9.62. The Morgan fingerprint density at radius 3 is 2.50 bits per heavy atom. The van der Waals surface area contributed by atoms with Crippen LogP contribution in [0.5, 0.6) is 0 Å². The van der Waals surface area contributed by atoms with Crippen LogP contribution in [0.1, 0.15) is 62.8 Å². The largest absolute Gasteiger partial charge is 0.566 e. The minimum atomic E-state index is -0.985. The summed E-state index contributed by atoms with van der Waals surface area (Å²) in [5.74, 6) is -0.378. The molecule has 0 saturated heterocycles. The van der Waals surface area contributed by atoms with Crippen LogP contribution < -0.4 is 15.5 Å². The van der Waals surface area contributed by atoms with E-state index >= 15 is 0 Å². The highest BCUT2D eigenvalue weighted by Crippen LogP contribution is 2.59. The topological polar surface area (TPSA) is 102 Å². The SMILES string of the molecule is O=[N+]([O-])C(=c1ccc2c(c1)N1C3=C(CCCC3)C(c3ccccc3)C3CCCCC31N=2)[N+](=O)[O-]. The van der Waals surface area contributed by atoms with Crippen LogP contribution in [-0.4, -0.2) is 15.5 Å². The van der Waals surface area contributed by atoms with Gasteiger partial charge in [-0.2, -0.15) is 0 Å². The third-order valence-corrected chi connectivity index (χ3v) is 8.11. The number of fused-ring (bicyclic) bond motifs is 3. The van der Waals surface area contributed by atoms with Crippen molar-refractivity contribution in [2.45, 2.75) is 62.9 Å². The van der Waals surface area contributed by atoms with Gasteiger partial charge in [-0.1, -0.05) is 36.8 Å². The Hall–Kier alpha value is -3.55. The van der Waals surface area contributed by atoms with E-state index in [1.165, 1.54) is 22.9 Å². The molecule has 3 unspecified atom stereocenters. The Morgan fingerprint density at radius 2 is 1.74 bits per heavy atom. The number of nitro groups is 2. The van der Waals surface area contributed by atoms with E-state index in [9.17, 15) is 20.2 Å². The molecule has 2 heterocycles. The monoisotopic (exact) mass is 458 g/mol. The molecule has 0 radical (unpaired) electrons. The second-order valence-electron chi connectivity index (χ2n) is 9.79. The minimum Gasteiger partial charge on any atom is -0.318 e. The Bertz CT molecular complexity index is 1340. The van der Waals surface area contributed by atoms with Gasteiger partial charge in [0.1, 0.15) is 20.7 Å². The highest BCUT2D eigenvalue weighted by Gasteiger charge is 2.57. The predicted octanol–water partition coefficient (Wildman–Crippen LogP) is 4.26. The van der Waals surface area contributed by atoms with Crippen LogP contribution in [-0.2, 0) is 0 Å². The van der Waals surface area contributed by atoms with Crippen molar-refractivity contribution < 1.29 is 9.85 Å². The van der Waals surface area contributed by atoms with Gasteiger partial charge in [0.2, 0.25) is 0 Å².